The van der Waals surface area contributed by atoms with E-state index in [1.54, 1.807) is 6.07 Å². The number of amides is 2. The van der Waals surface area contributed by atoms with E-state index in [0.717, 1.165) is 30.2 Å². The number of carbonyl (C=O) groups is 4. The number of benzene rings is 1. The van der Waals surface area contributed by atoms with Crippen molar-refractivity contribution >= 4 is 34.3 Å². The molecule has 3 aliphatic rings. The molecule has 2 aromatic rings. The van der Waals surface area contributed by atoms with Gasteiger partial charge in [-0.1, -0.05) is 24.6 Å². The van der Waals surface area contributed by atoms with Crippen molar-refractivity contribution in [3.05, 3.63) is 36.0 Å². The third kappa shape index (κ3) is 3.73. The molecular weight excluding hydrogens is 436 g/mol. The van der Waals surface area contributed by atoms with Crippen LogP contribution in [0.25, 0.3) is 10.9 Å². The number of aromatic nitrogens is 1. The Morgan fingerprint density at radius 3 is 2.74 bits per heavy atom. The van der Waals surface area contributed by atoms with Gasteiger partial charge in [-0.25, -0.2) is 0 Å². The number of rotatable bonds is 8. The van der Waals surface area contributed by atoms with Crippen LogP contribution in [0.3, 0.4) is 0 Å². The highest BCUT2D eigenvalue weighted by molar-refractivity contribution is 6.19. The summed E-state index contributed by atoms with van der Waals surface area (Å²) >= 11 is 0. The minimum atomic E-state index is -1.51. The lowest BCUT2D eigenvalue weighted by Crippen LogP contribution is -2.65. The molecule has 1 saturated carbocycles. The van der Waals surface area contributed by atoms with Gasteiger partial charge >= 0.3 is 0 Å². The SMILES string of the molecule is O=C1NCC[C@H]1C[C@H](NC(=O)C1(C(=O)c2cc3ccccc3[nH]2)NCC2CCCC21)C(=O)CO. The highest BCUT2D eigenvalue weighted by atomic mass is 16.3. The summed E-state index contributed by atoms with van der Waals surface area (Å²) in [6.07, 6.45) is 3.27. The molecule has 34 heavy (non-hydrogen) atoms. The number of aliphatic hydroxyl groups excluding tert-OH is 1. The van der Waals surface area contributed by atoms with Gasteiger partial charge < -0.3 is 20.7 Å². The van der Waals surface area contributed by atoms with Crippen molar-refractivity contribution in [3.8, 4) is 0 Å². The number of Topliss-reactive ketones (excluding diaryl/α,β-unsaturated/α-hetero) is 2. The summed E-state index contributed by atoms with van der Waals surface area (Å²) in [7, 11) is 0. The fourth-order valence-electron chi connectivity index (χ4n) is 6.09. The summed E-state index contributed by atoms with van der Waals surface area (Å²) in [5.74, 6) is -2.04. The molecule has 1 aromatic carbocycles. The normalized spacial score (nSPS) is 29.1. The smallest absolute Gasteiger partial charge is 0.249 e. The van der Waals surface area contributed by atoms with Crippen LogP contribution >= 0.6 is 0 Å². The summed E-state index contributed by atoms with van der Waals surface area (Å²) in [4.78, 5) is 55.6. The second-order valence-corrected chi connectivity index (χ2v) is 9.75. The molecule has 9 heteroatoms. The predicted octanol–water partition coefficient (Wildman–Crippen LogP) is 0.681. The van der Waals surface area contributed by atoms with Crippen LogP contribution in [0.2, 0.25) is 0 Å². The molecule has 0 radical (unpaired) electrons. The Bertz CT molecular complexity index is 1110. The van der Waals surface area contributed by atoms with Crippen LogP contribution in [0.4, 0.5) is 0 Å². The van der Waals surface area contributed by atoms with Crippen molar-refractivity contribution in [1.29, 1.82) is 0 Å². The lowest BCUT2D eigenvalue weighted by atomic mass is 9.76. The van der Waals surface area contributed by atoms with Gasteiger partial charge in [0.05, 0.1) is 11.7 Å². The summed E-state index contributed by atoms with van der Waals surface area (Å²) in [6, 6.07) is 8.26. The maximum Gasteiger partial charge on any atom is 0.249 e. The van der Waals surface area contributed by atoms with E-state index in [0.29, 0.717) is 25.2 Å². The van der Waals surface area contributed by atoms with Gasteiger partial charge in [0, 0.05) is 23.4 Å². The van der Waals surface area contributed by atoms with Gasteiger partial charge in [-0.3, -0.25) is 24.5 Å². The highest BCUT2D eigenvalue weighted by Crippen LogP contribution is 2.45. The lowest BCUT2D eigenvalue weighted by molar-refractivity contribution is -0.133. The summed E-state index contributed by atoms with van der Waals surface area (Å²) in [5, 5.41) is 19.1. The minimum absolute atomic E-state index is 0.0989. The van der Waals surface area contributed by atoms with Crippen molar-refractivity contribution in [3.63, 3.8) is 0 Å². The first-order chi connectivity index (χ1) is 16.4. The number of aliphatic hydroxyl groups is 1. The molecule has 1 aromatic heterocycles. The van der Waals surface area contributed by atoms with Gasteiger partial charge in [0.15, 0.2) is 11.3 Å². The van der Waals surface area contributed by atoms with Crippen LogP contribution in [0.1, 0.15) is 42.6 Å². The lowest BCUT2D eigenvalue weighted by Gasteiger charge is -2.34. The third-order valence-electron chi connectivity index (χ3n) is 7.88. The van der Waals surface area contributed by atoms with Crippen LogP contribution in [0.15, 0.2) is 30.3 Å². The average molecular weight is 467 g/mol. The largest absolute Gasteiger partial charge is 0.389 e. The monoisotopic (exact) mass is 466 g/mol. The topological polar surface area (TPSA) is 140 Å². The zero-order chi connectivity index (χ0) is 23.9. The Morgan fingerprint density at radius 2 is 2.00 bits per heavy atom. The van der Waals surface area contributed by atoms with Crippen molar-refractivity contribution in [2.75, 3.05) is 19.7 Å². The number of nitrogens with one attached hydrogen (secondary N) is 4. The predicted molar refractivity (Wildman–Crippen MR) is 124 cm³/mol. The van der Waals surface area contributed by atoms with Crippen LogP contribution in [0, 0.1) is 17.8 Å². The van der Waals surface area contributed by atoms with E-state index < -0.39 is 35.8 Å². The number of para-hydroxylation sites is 1. The Balaban J connectivity index is 1.47. The number of carbonyl (C=O) groups excluding carboxylic acids is 4. The van der Waals surface area contributed by atoms with Crippen LogP contribution in [0.5, 0.6) is 0 Å². The average Bonchev–Trinajstić information content (AvgIpc) is 3.62. The van der Waals surface area contributed by atoms with Gasteiger partial charge in [0.25, 0.3) is 0 Å². The summed E-state index contributed by atoms with van der Waals surface area (Å²) < 4.78 is 0. The van der Waals surface area contributed by atoms with E-state index in [2.05, 4.69) is 20.9 Å². The second-order valence-electron chi connectivity index (χ2n) is 9.75. The summed E-state index contributed by atoms with van der Waals surface area (Å²) in [5.41, 5.74) is -0.354. The maximum atomic E-state index is 14.0. The highest BCUT2D eigenvalue weighted by Gasteiger charge is 2.60. The van der Waals surface area contributed by atoms with Gasteiger partial charge in [-0.15, -0.1) is 0 Å². The number of hydrogen-bond donors (Lipinski definition) is 5. The standard InChI is InChI=1S/C25H30N4O5/c30-13-21(31)19(11-15-8-9-26-23(15)33)29-24(34)25(17-6-3-5-16(17)12-27-25)22(32)20-10-14-4-1-2-7-18(14)28-20/h1-2,4,7,10,15-17,19,27-28,30H,3,5-6,8-9,11-13H2,(H,26,33)(H,29,34)/t15-,16?,17?,19-,25?/m0/s1. The summed E-state index contributed by atoms with van der Waals surface area (Å²) in [6.45, 7) is 0.320. The van der Waals surface area contributed by atoms with Crippen molar-refractivity contribution in [2.45, 2.75) is 43.7 Å². The van der Waals surface area contributed by atoms with Gasteiger partial charge in [-0.05, 0) is 56.2 Å². The molecule has 180 valence electrons. The molecule has 2 aliphatic heterocycles. The van der Waals surface area contributed by atoms with Crippen LogP contribution < -0.4 is 16.0 Å². The number of H-pyrrole nitrogens is 1. The van der Waals surface area contributed by atoms with Crippen LogP contribution in [-0.2, 0) is 14.4 Å². The number of ketones is 2. The molecule has 5 N–H and O–H groups in total. The molecule has 3 heterocycles. The van der Waals surface area contributed by atoms with Gasteiger partial charge in [0.1, 0.15) is 6.61 Å². The van der Waals surface area contributed by atoms with Gasteiger partial charge in [-0.2, -0.15) is 0 Å². The molecule has 5 atom stereocenters. The first-order valence-electron chi connectivity index (χ1n) is 12.0. The van der Waals surface area contributed by atoms with E-state index in [9.17, 15) is 24.3 Å². The fourth-order valence-corrected chi connectivity index (χ4v) is 6.09. The molecule has 0 spiro atoms. The zero-order valence-corrected chi connectivity index (χ0v) is 18.9. The molecular formula is C25H30N4O5. The van der Waals surface area contributed by atoms with E-state index in [-0.39, 0.29) is 29.9 Å². The number of hydrogen-bond acceptors (Lipinski definition) is 6. The number of aromatic amines is 1. The molecule has 2 saturated heterocycles. The van der Waals surface area contributed by atoms with Crippen molar-refractivity contribution in [1.82, 2.24) is 20.9 Å². The van der Waals surface area contributed by atoms with E-state index in [1.165, 1.54) is 0 Å². The van der Waals surface area contributed by atoms with Crippen molar-refractivity contribution in [2.24, 2.45) is 17.8 Å². The number of fused-ring (bicyclic) bond motifs is 2. The molecule has 2 amide bonds. The van der Waals surface area contributed by atoms with E-state index in [1.807, 2.05) is 24.3 Å². The fraction of sp³-hybridized carbons (Fsp3) is 0.520. The van der Waals surface area contributed by atoms with Crippen molar-refractivity contribution < 1.29 is 24.3 Å². The Hall–Kier alpha value is -3.04. The maximum absolute atomic E-state index is 14.0. The minimum Gasteiger partial charge on any atom is -0.389 e. The molecule has 5 rings (SSSR count). The molecule has 3 unspecified atom stereocenters. The Labute approximate surface area is 197 Å². The third-order valence-corrected chi connectivity index (χ3v) is 7.88. The van der Waals surface area contributed by atoms with E-state index in [4.69, 9.17) is 0 Å². The molecule has 3 fully saturated rings. The zero-order valence-electron chi connectivity index (χ0n) is 18.9. The molecule has 0 bridgehead atoms. The Morgan fingerprint density at radius 1 is 1.18 bits per heavy atom. The first-order valence-corrected chi connectivity index (χ1v) is 12.0. The first kappa shape index (κ1) is 22.7. The van der Waals surface area contributed by atoms with Gasteiger partial charge in [0.2, 0.25) is 17.6 Å². The molecule has 1 aliphatic carbocycles. The Kier molecular flexibility index (Phi) is 5.99. The second kappa shape index (κ2) is 8.96. The van der Waals surface area contributed by atoms with Crippen LogP contribution in [-0.4, -0.2) is 64.7 Å². The van der Waals surface area contributed by atoms with E-state index >= 15 is 0 Å². The molecule has 9 nitrogen and oxygen atoms in total. The quantitative estimate of drug-likeness (QED) is 0.286.